The van der Waals surface area contributed by atoms with Crippen LogP contribution in [0.2, 0.25) is 0 Å². The van der Waals surface area contributed by atoms with Gasteiger partial charge in [0, 0.05) is 19.3 Å². The van der Waals surface area contributed by atoms with Gasteiger partial charge in [-0.15, -0.1) is 0 Å². The standard InChI is InChI=1S/C9H16N2O/c1-8(2)9-6-11(7-10-9)4-3-5-12/h6-8,12H,3-5H2,1-2H3. The highest BCUT2D eigenvalue weighted by atomic mass is 16.3. The van der Waals surface area contributed by atoms with Crippen LogP contribution < -0.4 is 0 Å². The molecule has 1 aromatic rings. The minimum Gasteiger partial charge on any atom is -0.396 e. The third-order valence-corrected chi connectivity index (χ3v) is 1.82. The van der Waals surface area contributed by atoms with Crippen molar-refractivity contribution in [2.45, 2.75) is 32.7 Å². The van der Waals surface area contributed by atoms with Crippen LogP contribution in [0.1, 0.15) is 31.9 Å². The van der Waals surface area contributed by atoms with E-state index in [1.807, 2.05) is 17.1 Å². The van der Waals surface area contributed by atoms with Crippen LogP contribution in [0.15, 0.2) is 12.5 Å². The molecule has 1 aromatic heterocycles. The van der Waals surface area contributed by atoms with Crippen molar-refractivity contribution in [2.24, 2.45) is 0 Å². The zero-order chi connectivity index (χ0) is 8.97. The summed E-state index contributed by atoms with van der Waals surface area (Å²) in [4.78, 5) is 4.25. The lowest BCUT2D eigenvalue weighted by Crippen LogP contribution is -1.96. The van der Waals surface area contributed by atoms with Gasteiger partial charge in [0.1, 0.15) is 0 Å². The first-order chi connectivity index (χ1) is 5.74. The number of nitrogens with zero attached hydrogens (tertiary/aromatic N) is 2. The van der Waals surface area contributed by atoms with E-state index in [4.69, 9.17) is 5.11 Å². The van der Waals surface area contributed by atoms with Gasteiger partial charge in [0.15, 0.2) is 0 Å². The van der Waals surface area contributed by atoms with Gasteiger partial charge in [0.25, 0.3) is 0 Å². The number of hydrogen-bond donors (Lipinski definition) is 1. The van der Waals surface area contributed by atoms with Gasteiger partial charge in [-0.1, -0.05) is 13.8 Å². The highest BCUT2D eigenvalue weighted by Gasteiger charge is 2.01. The normalized spacial score (nSPS) is 11.0. The summed E-state index contributed by atoms with van der Waals surface area (Å²) < 4.78 is 2.02. The summed E-state index contributed by atoms with van der Waals surface area (Å²) in [5.74, 6) is 0.486. The second kappa shape index (κ2) is 4.26. The largest absolute Gasteiger partial charge is 0.396 e. The number of imidazole rings is 1. The molecule has 0 atom stereocenters. The van der Waals surface area contributed by atoms with Crippen molar-refractivity contribution >= 4 is 0 Å². The second-order valence-corrected chi connectivity index (χ2v) is 3.27. The summed E-state index contributed by atoms with van der Waals surface area (Å²) in [5, 5.41) is 8.61. The Morgan fingerprint density at radius 1 is 1.58 bits per heavy atom. The second-order valence-electron chi connectivity index (χ2n) is 3.27. The van der Waals surface area contributed by atoms with E-state index in [9.17, 15) is 0 Å². The smallest absolute Gasteiger partial charge is 0.0949 e. The van der Waals surface area contributed by atoms with Gasteiger partial charge in [-0.25, -0.2) is 4.98 Å². The predicted molar refractivity (Wildman–Crippen MR) is 48.0 cm³/mol. The Morgan fingerprint density at radius 3 is 2.83 bits per heavy atom. The molecule has 0 radical (unpaired) electrons. The van der Waals surface area contributed by atoms with Crippen LogP contribution in [-0.4, -0.2) is 21.3 Å². The van der Waals surface area contributed by atoms with E-state index in [2.05, 4.69) is 18.8 Å². The van der Waals surface area contributed by atoms with Crippen molar-refractivity contribution in [3.8, 4) is 0 Å². The molecule has 0 saturated heterocycles. The van der Waals surface area contributed by atoms with Gasteiger partial charge in [0.05, 0.1) is 12.0 Å². The Labute approximate surface area is 73.1 Å². The molecule has 0 bridgehead atoms. The molecule has 68 valence electrons. The molecule has 3 nitrogen and oxygen atoms in total. The Kier molecular flexibility index (Phi) is 3.29. The van der Waals surface area contributed by atoms with Gasteiger partial charge < -0.3 is 9.67 Å². The molecule has 0 spiro atoms. The molecule has 0 aromatic carbocycles. The Bertz CT molecular complexity index is 230. The fourth-order valence-electron chi connectivity index (χ4n) is 1.05. The van der Waals surface area contributed by atoms with E-state index in [-0.39, 0.29) is 6.61 Å². The van der Waals surface area contributed by atoms with Gasteiger partial charge in [-0.05, 0) is 12.3 Å². The summed E-state index contributed by atoms with van der Waals surface area (Å²) in [6.07, 6.45) is 4.67. The van der Waals surface area contributed by atoms with Crippen LogP contribution in [0.4, 0.5) is 0 Å². The van der Waals surface area contributed by atoms with Gasteiger partial charge >= 0.3 is 0 Å². The molecule has 0 aliphatic carbocycles. The average Bonchev–Trinajstić information content (AvgIpc) is 2.48. The van der Waals surface area contributed by atoms with E-state index in [1.54, 1.807) is 0 Å². The first-order valence-electron chi connectivity index (χ1n) is 4.36. The molecule has 3 heteroatoms. The minimum atomic E-state index is 0.245. The van der Waals surface area contributed by atoms with E-state index in [1.165, 1.54) is 0 Å². The number of aliphatic hydroxyl groups is 1. The fourth-order valence-corrected chi connectivity index (χ4v) is 1.05. The number of aromatic nitrogens is 2. The first-order valence-corrected chi connectivity index (χ1v) is 4.36. The lowest BCUT2D eigenvalue weighted by Gasteiger charge is -1.99. The summed E-state index contributed by atoms with van der Waals surface area (Å²) >= 11 is 0. The van der Waals surface area contributed by atoms with Crippen LogP contribution in [0.25, 0.3) is 0 Å². The van der Waals surface area contributed by atoms with E-state index >= 15 is 0 Å². The number of aryl methyl sites for hydroxylation is 1. The van der Waals surface area contributed by atoms with Crippen molar-refractivity contribution < 1.29 is 5.11 Å². The lowest BCUT2D eigenvalue weighted by atomic mass is 10.2. The van der Waals surface area contributed by atoms with Crippen LogP contribution >= 0.6 is 0 Å². The molecule has 0 saturated carbocycles. The Hall–Kier alpha value is -0.830. The lowest BCUT2D eigenvalue weighted by molar-refractivity contribution is 0.279. The van der Waals surface area contributed by atoms with Crippen LogP contribution in [-0.2, 0) is 6.54 Å². The van der Waals surface area contributed by atoms with E-state index in [0.717, 1.165) is 18.7 Å². The van der Waals surface area contributed by atoms with Crippen molar-refractivity contribution in [3.63, 3.8) is 0 Å². The van der Waals surface area contributed by atoms with Crippen molar-refractivity contribution in [1.82, 2.24) is 9.55 Å². The molecule has 12 heavy (non-hydrogen) atoms. The molecule has 0 aliphatic heterocycles. The Balaban J connectivity index is 2.52. The maximum Gasteiger partial charge on any atom is 0.0949 e. The fraction of sp³-hybridized carbons (Fsp3) is 0.667. The highest BCUT2D eigenvalue weighted by molar-refractivity contribution is 5.01. The molecule has 0 fully saturated rings. The molecule has 0 aliphatic rings. The van der Waals surface area contributed by atoms with Gasteiger partial charge in [-0.3, -0.25) is 0 Å². The summed E-state index contributed by atoms with van der Waals surface area (Å²) in [5.41, 5.74) is 1.12. The maximum absolute atomic E-state index is 8.61. The number of rotatable bonds is 4. The van der Waals surface area contributed by atoms with Crippen LogP contribution in [0.5, 0.6) is 0 Å². The predicted octanol–water partition coefficient (Wildman–Crippen LogP) is 1.39. The number of aliphatic hydroxyl groups excluding tert-OH is 1. The third-order valence-electron chi connectivity index (χ3n) is 1.82. The van der Waals surface area contributed by atoms with E-state index in [0.29, 0.717) is 5.92 Å². The minimum absolute atomic E-state index is 0.245. The molecule has 1 N–H and O–H groups in total. The first kappa shape index (κ1) is 9.26. The van der Waals surface area contributed by atoms with Crippen molar-refractivity contribution in [2.75, 3.05) is 6.61 Å². The summed E-state index contributed by atoms with van der Waals surface area (Å²) in [6, 6.07) is 0. The third kappa shape index (κ3) is 2.34. The molecule has 0 unspecified atom stereocenters. The SMILES string of the molecule is CC(C)c1cn(CCCO)cn1. The molecular formula is C9H16N2O. The maximum atomic E-state index is 8.61. The quantitative estimate of drug-likeness (QED) is 0.737. The van der Waals surface area contributed by atoms with Gasteiger partial charge in [0.2, 0.25) is 0 Å². The highest BCUT2D eigenvalue weighted by Crippen LogP contribution is 2.10. The summed E-state index contributed by atoms with van der Waals surface area (Å²) in [7, 11) is 0. The Morgan fingerprint density at radius 2 is 2.33 bits per heavy atom. The van der Waals surface area contributed by atoms with Crippen LogP contribution in [0, 0.1) is 0 Å². The molecule has 1 rings (SSSR count). The topological polar surface area (TPSA) is 38.0 Å². The monoisotopic (exact) mass is 168 g/mol. The van der Waals surface area contributed by atoms with Crippen molar-refractivity contribution in [3.05, 3.63) is 18.2 Å². The molecular weight excluding hydrogens is 152 g/mol. The number of hydrogen-bond acceptors (Lipinski definition) is 2. The summed E-state index contributed by atoms with van der Waals surface area (Å²) in [6.45, 7) is 5.35. The van der Waals surface area contributed by atoms with E-state index < -0.39 is 0 Å². The van der Waals surface area contributed by atoms with Crippen LogP contribution in [0.3, 0.4) is 0 Å². The molecule has 1 heterocycles. The van der Waals surface area contributed by atoms with Crippen molar-refractivity contribution in [1.29, 1.82) is 0 Å². The molecule has 0 amide bonds. The zero-order valence-electron chi connectivity index (χ0n) is 7.70. The zero-order valence-corrected chi connectivity index (χ0v) is 7.70. The average molecular weight is 168 g/mol. The van der Waals surface area contributed by atoms with Gasteiger partial charge in [-0.2, -0.15) is 0 Å².